The first-order valence-electron chi connectivity index (χ1n) is 7.32. The first-order chi connectivity index (χ1) is 9.60. The first-order valence-corrected chi connectivity index (χ1v) is 7.86. The molecule has 0 amide bonds. The van der Waals surface area contributed by atoms with Crippen molar-refractivity contribution in [3.63, 3.8) is 0 Å². The van der Waals surface area contributed by atoms with Gasteiger partial charge in [0.15, 0.2) is 0 Å². The van der Waals surface area contributed by atoms with E-state index in [0.29, 0.717) is 17.8 Å². The third-order valence-electron chi connectivity index (χ3n) is 4.78. The molecule has 3 atom stereocenters. The van der Waals surface area contributed by atoms with Crippen LogP contribution in [0.3, 0.4) is 0 Å². The van der Waals surface area contributed by atoms with Crippen LogP contribution >= 0.6 is 11.6 Å². The molecule has 0 aliphatic heterocycles. The Balaban J connectivity index is 2.07. The zero-order chi connectivity index (χ0) is 14.3. The molecule has 1 saturated carbocycles. The second kappa shape index (κ2) is 5.36. The van der Waals surface area contributed by atoms with Crippen LogP contribution in [0.4, 0.5) is 4.39 Å². The molecule has 1 fully saturated rings. The molecule has 0 spiro atoms. The molecule has 108 valence electrons. The molecular weight excluding hydrogens is 275 g/mol. The Hall–Kier alpha value is -1.09. The molecule has 20 heavy (non-hydrogen) atoms. The van der Waals surface area contributed by atoms with Crippen LogP contribution in [0.2, 0.25) is 0 Å². The van der Waals surface area contributed by atoms with E-state index in [1.54, 1.807) is 12.1 Å². The van der Waals surface area contributed by atoms with Crippen LogP contribution in [0.5, 0.6) is 0 Å². The van der Waals surface area contributed by atoms with Crippen molar-refractivity contribution in [3.8, 4) is 0 Å². The van der Waals surface area contributed by atoms with Gasteiger partial charge in [-0.05, 0) is 49.3 Å². The Morgan fingerprint density at radius 1 is 1.30 bits per heavy atom. The van der Waals surface area contributed by atoms with E-state index in [2.05, 4.69) is 23.4 Å². The Morgan fingerprint density at radius 2 is 2.10 bits per heavy atom. The minimum Gasteiger partial charge on any atom is -0.324 e. The number of rotatable bonds is 2. The van der Waals surface area contributed by atoms with Crippen LogP contribution in [0.1, 0.15) is 45.0 Å². The van der Waals surface area contributed by atoms with E-state index < -0.39 is 0 Å². The molecule has 1 aliphatic carbocycles. The molecule has 2 nitrogen and oxygen atoms in total. The number of halogens is 2. The van der Waals surface area contributed by atoms with E-state index >= 15 is 0 Å². The van der Waals surface area contributed by atoms with Crippen molar-refractivity contribution in [1.29, 1.82) is 0 Å². The van der Waals surface area contributed by atoms with Crippen LogP contribution in [-0.4, -0.2) is 9.55 Å². The van der Waals surface area contributed by atoms with Crippen molar-refractivity contribution in [3.05, 3.63) is 29.8 Å². The summed E-state index contributed by atoms with van der Waals surface area (Å²) in [4.78, 5) is 4.56. The second-order valence-electron chi connectivity index (χ2n) is 6.09. The van der Waals surface area contributed by atoms with Crippen molar-refractivity contribution in [2.24, 2.45) is 11.8 Å². The molecule has 0 N–H and O–H groups in total. The van der Waals surface area contributed by atoms with E-state index in [1.165, 1.54) is 12.5 Å². The van der Waals surface area contributed by atoms with Crippen LogP contribution in [-0.2, 0) is 5.88 Å². The first kappa shape index (κ1) is 13.9. The maximum absolute atomic E-state index is 13.6. The topological polar surface area (TPSA) is 17.8 Å². The van der Waals surface area contributed by atoms with Gasteiger partial charge < -0.3 is 4.57 Å². The number of hydrogen-bond acceptors (Lipinski definition) is 1. The lowest BCUT2D eigenvalue weighted by Gasteiger charge is -2.33. The second-order valence-corrected chi connectivity index (χ2v) is 6.35. The highest BCUT2D eigenvalue weighted by Crippen LogP contribution is 2.38. The molecule has 1 heterocycles. The largest absolute Gasteiger partial charge is 0.324 e. The van der Waals surface area contributed by atoms with Gasteiger partial charge in [0.1, 0.15) is 11.6 Å². The zero-order valence-electron chi connectivity index (χ0n) is 11.9. The Labute approximate surface area is 123 Å². The van der Waals surface area contributed by atoms with Crippen molar-refractivity contribution in [2.45, 2.75) is 45.0 Å². The average Bonchev–Trinajstić information content (AvgIpc) is 2.79. The maximum Gasteiger partial charge on any atom is 0.125 e. The molecule has 0 radical (unpaired) electrons. The van der Waals surface area contributed by atoms with E-state index in [9.17, 15) is 4.39 Å². The molecule has 1 aromatic heterocycles. The number of fused-ring (bicyclic) bond motifs is 1. The van der Waals surface area contributed by atoms with Crippen molar-refractivity contribution in [2.75, 3.05) is 0 Å². The lowest BCUT2D eigenvalue weighted by Crippen LogP contribution is -2.24. The summed E-state index contributed by atoms with van der Waals surface area (Å²) in [5.74, 6) is 2.47. The molecule has 0 saturated heterocycles. The van der Waals surface area contributed by atoms with Crippen LogP contribution in [0, 0.1) is 17.7 Å². The smallest absolute Gasteiger partial charge is 0.125 e. The average molecular weight is 295 g/mol. The van der Waals surface area contributed by atoms with Gasteiger partial charge in [-0.2, -0.15) is 0 Å². The highest BCUT2D eigenvalue weighted by atomic mass is 35.5. The molecule has 2 aromatic rings. The summed E-state index contributed by atoms with van der Waals surface area (Å²) in [5, 5.41) is 0. The molecule has 0 bridgehead atoms. The minimum absolute atomic E-state index is 0.211. The van der Waals surface area contributed by atoms with Gasteiger partial charge in [0.2, 0.25) is 0 Å². The number of nitrogens with zero attached hydrogens (tertiary/aromatic N) is 2. The monoisotopic (exact) mass is 294 g/mol. The van der Waals surface area contributed by atoms with Crippen LogP contribution in [0.15, 0.2) is 18.2 Å². The van der Waals surface area contributed by atoms with E-state index in [4.69, 9.17) is 11.6 Å². The SMILES string of the molecule is CC1CCC(n2c(CCl)nc3ccc(F)cc32)CC1C. The third kappa shape index (κ3) is 2.32. The summed E-state index contributed by atoms with van der Waals surface area (Å²) in [6, 6.07) is 5.18. The number of benzene rings is 1. The van der Waals surface area contributed by atoms with Crippen molar-refractivity contribution >= 4 is 22.6 Å². The van der Waals surface area contributed by atoms with Crippen molar-refractivity contribution in [1.82, 2.24) is 9.55 Å². The van der Waals surface area contributed by atoms with Crippen LogP contribution in [0.25, 0.3) is 11.0 Å². The number of alkyl halides is 1. The van der Waals surface area contributed by atoms with E-state index in [1.807, 2.05) is 0 Å². The van der Waals surface area contributed by atoms with E-state index in [0.717, 1.165) is 35.6 Å². The van der Waals surface area contributed by atoms with E-state index in [-0.39, 0.29) is 5.82 Å². The third-order valence-corrected chi connectivity index (χ3v) is 5.02. The quantitative estimate of drug-likeness (QED) is 0.720. The highest BCUT2D eigenvalue weighted by molar-refractivity contribution is 6.16. The lowest BCUT2D eigenvalue weighted by molar-refractivity contribution is 0.211. The molecule has 4 heteroatoms. The van der Waals surface area contributed by atoms with Gasteiger partial charge in [-0.1, -0.05) is 13.8 Å². The van der Waals surface area contributed by atoms with Gasteiger partial charge in [0.05, 0.1) is 16.9 Å². The summed E-state index contributed by atoms with van der Waals surface area (Å²) in [5.41, 5.74) is 1.72. The minimum atomic E-state index is -0.211. The van der Waals surface area contributed by atoms with Crippen molar-refractivity contribution < 1.29 is 4.39 Å². The fraction of sp³-hybridized carbons (Fsp3) is 0.562. The predicted octanol–water partition coefficient (Wildman–Crippen LogP) is 4.91. The number of hydrogen-bond donors (Lipinski definition) is 0. The Morgan fingerprint density at radius 3 is 2.80 bits per heavy atom. The molecule has 1 aromatic carbocycles. The van der Waals surface area contributed by atoms with Gasteiger partial charge >= 0.3 is 0 Å². The van der Waals surface area contributed by atoms with Gasteiger partial charge in [0.25, 0.3) is 0 Å². The van der Waals surface area contributed by atoms with Gasteiger partial charge in [-0.25, -0.2) is 9.37 Å². The fourth-order valence-electron chi connectivity index (χ4n) is 3.37. The summed E-state index contributed by atoms with van der Waals surface area (Å²) < 4.78 is 15.7. The van der Waals surface area contributed by atoms with Gasteiger partial charge in [0, 0.05) is 6.04 Å². The number of imidazole rings is 1. The normalized spacial score (nSPS) is 27.1. The summed E-state index contributed by atoms with van der Waals surface area (Å²) in [6.45, 7) is 4.62. The fourth-order valence-corrected chi connectivity index (χ4v) is 3.56. The standard InChI is InChI=1S/C16H20ClFN2/c1-10-3-5-13(7-11(10)2)20-15-8-12(18)4-6-14(15)19-16(20)9-17/h4,6,8,10-11,13H,3,5,7,9H2,1-2H3. The highest BCUT2D eigenvalue weighted by Gasteiger charge is 2.28. The van der Waals surface area contributed by atoms with Crippen LogP contribution < -0.4 is 0 Å². The maximum atomic E-state index is 13.6. The summed E-state index contributed by atoms with van der Waals surface area (Å²) in [6.07, 6.45) is 3.45. The summed E-state index contributed by atoms with van der Waals surface area (Å²) >= 11 is 6.05. The summed E-state index contributed by atoms with van der Waals surface area (Å²) in [7, 11) is 0. The molecule has 1 aliphatic rings. The Bertz CT molecular complexity index is 622. The molecule has 3 unspecified atom stereocenters. The predicted molar refractivity (Wildman–Crippen MR) is 80.5 cm³/mol. The lowest BCUT2D eigenvalue weighted by atomic mass is 9.79. The number of aromatic nitrogens is 2. The molecular formula is C16H20ClFN2. The van der Waals surface area contributed by atoms with Gasteiger partial charge in [-0.3, -0.25) is 0 Å². The Kier molecular flexibility index (Phi) is 3.72. The van der Waals surface area contributed by atoms with Gasteiger partial charge in [-0.15, -0.1) is 11.6 Å². The zero-order valence-corrected chi connectivity index (χ0v) is 12.7. The molecule has 3 rings (SSSR count).